The molecule has 0 radical (unpaired) electrons. The van der Waals surface area contributed by atoms with Crippen molar-refractivity contribution >= 4 is 22.6 Å². The Morgan fingerprint density at radius 2 is 1.90 bits per heavy atom. The monoisotopic (exact) mass is 418 g/mol. The molecule has 4 aromatic rings. The number of benzene rings is 2. The van der Waals surface area contributed by atoms with Crippen LogP contribution in [0.2, 0.25) is 0 Å². The Bertz CT molecular complexity index is 1320. The Morgan fingerprint density at radius 1 is 1.13 bits per heavy atom. The number of aromatic nitrogens is 3. The molecule has 0 atom stereocenters. The number of amides is 1. The quantitative estimate of drug-likeness (QED) is 0.500. The van der Waals surface area contributed by atoms with E-state index in [-0.39, 0.29) is 13.0 Å². The molecular weight excluding hydrogens is 402 g/mol. The number of nitrogens with zero attached hydrogens (tertiary/aromatic N) is 4. The van der Waals surface area contributed by atoms with Gasteiger partial charge in [0.25, 0.3) is 0 Å². The predicted octanol–water partition coefficient (Wildman–Crippen LogP) is 3.21. The summed E-state index contributed by atoms with van der Waals surface area (Å²) in [6, 6.07) is 12.1. The number of nitrogens with two attached hydrogens (primary N) is 1. The van der Waals surface area contributed by atoms with Gasteiger partial charge in [-0.3, -0.25) is 9.36 Å². The predicted molar refractivity (Wildman–Crippen MR) is 110 cm³/mol. The number of imidazole rings is 1. The molecular formula is C22H16F2N6O. The normalized spacial score (nSPS) is 10.7. The fraction of sp³-hybridized carbons (Fsp3) is 0.0909. The highest BCUT2D eigenvalue weighted by Gasteiger charge is 2.12. The first kappa shape index (κ1) is 20.0. The van der Waals surface area contributed by atoms with Gasteiger partial charge in [-0.25, -0.2) is 18.7 Å². The second-order valence-electron chi connectivity index (χ2n) is 6.90. The van der Waals surface area contributed by atoms with Gasteiger partial charge in [0.2, 0.25) is 5.91 Å². The van der Waals surface area contributed by atoms with Crippen LogP contribution < -0.4 is 11.1 Å². The van der Waals surface area contributed by atoms with E-state index < -0.39 is 17.5 Å². The molecule has 0 aliphatic carbocycles. The van der Waals surface area contributed by atoms with Gasteiger partial charge in [-0.1, -0.05) is 0 Å². The maximum atomic E-state index is 13.5. The number of hydrogen-bond donors (Lipinski definition) is 2. The summed E-state index contributed by atoms with van der Waals surface area (Å²) in [4.78, 5) is 20.2. The number of carbonyl (C=O) groups is 1. The van der Waals surface area contributed by atoms with Crippen molar-refractivity contribution < 1.29 is 13.6 Å². The van der Waals surface area contributed by atoms with Crippen molar-refractivity contribution in [2.24, 2.45) is 5.73 Å². The van der Waals surface area contributed by atoms with Crippen LogP contribution in [0.3, 0.4) is 0 Å². The lowest BCUT2D eigenvalue weighted by Crippen LogP contribution is -2.16. The third-order valence-corrected chi connectivity index (χ3v) is 4.67. The van der Waals surface area contributed by atoms with E-state index in [1.165, 1.54) is 18.3 Å². The van der Waals surface area contributed by atoms with Gasteiger partial charge in [-0.2, -0.15) is 5.26 Å². The minimum absolute atomic E-state index is 0.0523. The average molecular weight is 418 g/mol. The molecule has 1 amide bonds. The molecule has 7 nitrogen and oxygen atoms in total. The highest BCUT2D eigenvalue weighted by Crippen LogP contribution is 2.23. The number of anilines is 1. The van der Waals surface area contributed by atoms with Crippen molar-refractivity contribution in [1.29, 1.82) is 5.26 Å². The van der Waals surface area contributed by atoms with Gasteiger partial charge in [-0.05, 0) is 35.9 Å². The number of nitrogens with one attached hydrogen (secondary N) is 1. The zero-order valence-corrected chi connectivity index (χ0v) is 16.1. The van der Waals surface area contributed by atoms with Crippen molar-refractivity contribution in [3.8, 4) is 11.9 Å². The van der Waals surface area contributed by atoms with Gasteiger partial charge in [0.15, 0.2) is 0 Å². The van der Waals surface area contributed by atoms with Crippen molar-refractivity contribution in [2.75, 3.05) is 5.32 Å². The first-order valence-corrected chi connectivity index (χ1v) is 9.26. The third-order valence-electron chi connectivity index (χ3n) is 4.67. The summed E-state index contributed by atoms with van der Waals surface area (Å²) in [5, 5.41) is 12.2. The fourth-order valence-electron chi connectivity index (χ4n) is 3.27. The summed E-state index contributed by atoms with van der Waals surface area (Å²) in [6.07, 6.45) is 3.04. The molecule has 2 heterocycles. The Balaban J connectivity index is 1.70. The van der Waals surface area contributed by atoms with Crippen molar-refractivity contribution in [3.63, 3.8) is 0 Å². The molecule has 2 aromatic heterocycles. The van der Waals surface area contributed by atoms with E-state index in [9.17, 15) is 13.6 Å². The van der Waals surface area contributed by atoms with Crippen molar-refractivity contribution in [3.05, 3.63) is 83.3 Å². The second kappa shape index (κ2) is 8.20. The summed E-state index contributed by atoms with van der Waals surface area (Å²) in [6.45, 7) is 0.125. The number of fused-ring (bicyclic) bond motifs is 1. The van der Waals surface area contributed by atoms with E-state index in [4.69, 9.17) is 11.0 Å². The molecule has 0 aliphatic rings. The number of primary amides is 1. The zero-order valence-electron chi connectivity index (χ0n) is 16.1. The number of pyridine rings is 1. The van der Waals surface area contributed by atoms with Gasteiger partial charge in [-0.15, -0.1) is 0 Å². The Labute approximate surface area is 175 Å². The number of halogens is 2. The van der Waals surface area contributed by atoms with Crippen LogP contribution in [0, 0.1) is 23.0 Å². The lowest BCUT2D eigenvalue weighted by Gasteiger charge is -2.14. The molecule has 0 aliphatic heterocycles. The van der Waals surface area contributed by atoms with Gasteiger partial charge in [0.05, 0.1) is 29.1 Å². The minimum Gasteiger partial charge on any atom is -0.381 e. The minimum atomic E-state index is -0.675. The second-order valence-corrected chi connectivity index (χ2v) is 6.90. The lowest BCUT2D eigenvalue weighted by atomic mass is 10.1. The van der Waals surface area contributed by atoms with Crippen LogP contribution in [-0.4, -0.2) is 20.4 Å². The molecule has 3 N–H and O–H groups in total. The van der Waals surface area contributed by atoms with Gasteiger partial charge >= 0.3 is 0 Å². The maximum absolute atomic E-state index is 13.5. The largest absolute Gasteiger partial charge is 0.381 e. The van der Waals surface area contributed by atoms with Crippen LogP contribution >= 0.6 is 0 Å². The van der Waals surface area contributed by atoms with Crippen LogP contribution in [0.25, 0.3) is 16.9 Å². The number of hydrogen-bond acceptors (Lipinski definition) is 5. The first-order chi connectivity index (χ1) is 14.9. The van der Waals surface area contributed by atoms with Crippen LogP contribution in [0.5, 0.6) is 0 Å². The van der Waals surface area contributed by atoms with Crippen LogP contribution in [0.1, 0.15) is 16.7 Å². The van der Waals surface area contributed by atoms with E-state index in [1.807, 2.05) is 0 Å². The van der Waals surface area contributed by atoms with Gasteiger partial charge < -0.3 is 11.1 Å². The maximum Gasteiger partial charge on any atom is 0.221 e. The summed E-state index contributed by atoms with van der Waals surface area (Å²) >= 11 is 0. The highest BCUT2D eigenvalue weighted by molar-refractivity contribution is 5.80. The lowest BCUT2D eigenvalue weighted by molar-refractivity contribution is -0.117. The van der Waals surface area contributed by atoms with Gasteiger partial charge in [0.1, 0.15) is 23.8 Å². The van der Waals surface area contributed by atoms with Crippen molar-refractivity contribution in [1.82, 2.24) is 14.5 Å². The van der Waals surface area contributed by atoms with E-state index in [0.717, 1.165) is 11.6 Å². The summed E-state index contributed by atoms with van der Waals surface area (Å²) in [5.41, 5.74) is 8.70. The molecule has 0 spiro atoms. The van der Waals surface area contributed by atoms with Crippen LogP contribution in [0.15, 0.2) is 55.0 Å². The first-order valence-electron chi connectivity index (χ1n) is 9.26. The summed E-state index contributed by atoms with van der Waals surface area (Å²) in [5.74, 6) is -1.38. The number of carbonyl (C=O) groups excluding carboxylic acids is 1. The number of nitriles is 1. The standard InChI is InChI=1S/C22H16F2N6O/c23-16-3-14(4-17(24)7-16)10-27-18-8-22(28-11-15(18)6-21(26)31)30-12-29-19-5-13(9-25)1-2-20(19)30/h1-5,7-8,11-12H,6,10H2,(H2,26,31)(H,27,28). The van der Waals surface area contributed by atoms with Gasteiger partial charge in [0, 0.05) is 36.1 Å². The van der Waals surface area contributed by atoms with Crippen LogP contribution in [-0.2, 0) is 17.8 Å². The molecule has 9 heteroatoms. The Hall–Kier alpha value is -4.32. The third kappa shape index (κ3) is 4.33. The molecule has 0 unspecified atom stereocenters. The zero-order chi connectivity index (χ0) is 22.0. The number of rotatable bonds is 6. The van der Waals surface area contributed by atoms with Crippen molar-refractivity contribution in [2.45, 2.75) is 13.0 Å². The summed E-state index contributed by atoms with van der Waals surface area (Å²) in [7, 11) is 0. The molecule has 0 fully saturated rings. The van der Waals surface area contributed by atoms with E-state index in [0.29, 0.717) is 33.7 Å². The molecule has 0 saturated heterocycles. The highest BCUT2D eigenvalue weighted by atomic mass is 19.1. The molecule has 154 valence electrons. The molecule has 4 rings (SSSR count). The molecule has 0 bridgehead atoms. The molecule has 0 saturated carbocycles. The van der Waals surface area contributed by atoms with Crippen LogP contribution in [0.4, 0.5) is 14.5 Å². The molecule has 31 heavy (non-hydrogen) atoms. The SMILES string of the molecule is N#Cc1ccc2c(c1)ncn2-c1cc(NCc2cc(F)cc(F)c2)c(CC(N)=O)cn1. The topological polar surface area (TPSA) is 110 Å². The Morgan fingerprint density at radius 3 is 2.61 bits per heavy atom. The van der Waals surface area contributed by atoms with E-state index in [1.54, 1.807) is 35.2 Å². The smallest absolute Gasteiger partial charge is 0.221 e. The van der Waals surface area contributed by atoms with E-state index in [2.05, 4.69) is 21.4 Å². The molecule has 2 aromatic carbocycles. The summed E-state index contributed by atoms with van der Waals surface area (Å²) < 4.78 is 28.7. The Kier molecular flexibility index (Phi) is 5.28. The average Bonchev–Trinajstić information content (AvgIpc) is 3.15. The fourth-order valence-corrected chi connectivity index (χ4v) is 3.27. The van der Waals surface area contributed by atoms with E-state index >= 15 is 0 Å².